The second-order valence-electron chi connectivity index (χ2n) is 9.88. The van der Waals surface area contributed by atoms with Gasteiger partial charge in [0.1, 0.15) is 13.1 Å². The highest BCUT2D eigenvalue weighted by Gasteiger charge is 2.29. The van der Waals surface area contributed by atoms with Gasteiger partial charge in [0.15, 0.2) is 0 Å². The summed E-state index contributed by atoms with van der Waals surface area (Å²) in [5, 5.41) is 5.89. The largest absolute Gasteiger partial charge is 0.352 e. The molecular formula is C31H30Cl2N4O6S2. The van der Waals surface area contributed by atoms with Crippen molar-refractivity contribution < 1.29 is 26.4 Å². The van der Waals surface area contributed by atoms with E-state index in [-0.39, 0.29) is 27.7 Å². The van der Waals surface area contributed by atoms with Crippen molar-refractivity contribution in [3.63, 3.8) is 0 Å². The second-order valence-corrected chi connectivity index (χ2v) is 14.5. The molecule has 2 N–H and O–H groups in total. The lowest BCUT2D eigenvalue weighted by molar-refractivity contribution is -0.122. The van der Waals surface area contributed by atoms with Gasteiger partial charge in [-0.1, -0.05) is 71.7 Å². The molecule has 0 heterocycles. The standard InChI is InChI=1S/C31H30Cl2N4O6S2/c1-23(35-31(39)22-37(27-13-9-11-25(33)19-27)45(42,43)29-16-6-3-7-17-29)20-34-30(38)21-36(26-12-8-10-24(32)18-26)44(40,41)28-14-4-2-5-15-28/h2-19,23H,20-22H2,1H3,(H,34,38)(H,35,39)/t23-/m0/s1. The van der Waals surface area contributed by atoms with E-state index in [1.165, 1.54) is 48.5 Å². The van der Waals surface area contributed by atoms with Gasteiger partial charge in [0, 0.05) is 22.6 Å². The van der Waals surface area contributed by atoms with Gasteiger partial charge < -0.3 is 10.6 Å². The van der Waals surface area contributed by atoms with Crippen LogP contribution < -0.4 is 19.2 Å². The number of nitrogens with zero attached hydrogens (tertiary/aromatic N) is 2. The summed E-state index contributed by atoms with van der Waals surface area (Å²) in [7, 11) is -8.27. The SMILES string of the molecule is C[C@@H](CNC(=O)CN(c1cccc(Cl)c1)S(=O)(=O)c1ccccc1)NC(=O)CN(c1cccc(Cl)c1)S(=O)(=O)c1ccccc1. The van der Waals surface area contributed by atoms with E-state index in [4.69, 9.17) is 23.2 Å². The zero-order valence-electron chi connectivity index (χ0n) is 24.0. The van der Waals surface area contributed by atoms with Gasteiger partial charge in [-0.2, -0.15) is 0 Å². The number of amides is 2. The number of carbonyl (C=O) groups is 2. The smallest absolute Gasteiger partial charge is 0.264 e. The number of hydrogen-bond donors (Lipinski definition) is 2. The van der Waals surface area contributed by atoms with Gasteiger partial charge in [-0.3, -0.25) is 18.2 Å². The Balaban J connectivity index is 1.44. The van der Waals surface area contributed by atoms with Crippen molar-refractivity contribution in [2.45, 2.75) is 22.8 Å². The van der Waals surface area contributed by atoms with E-state index < -0.39 is 51.0 Å². The van der Waals surface area contributed by atoms with Gasteiger partial charge in [0.05, 0.1) is 21.2 Å². The summed E-state index contributed by atoms with van der Waals surface area (Å²) in [5.74, 6) is -1.27. The number of carbonyl (C=O) groups excluding carboxylic acids is 2. The molecule has 0 spiro atoms. The van der Waals surface area contributed by atoms with Crippen LogP contribution in [-0.4, -0.2) is 54.3 Å². The van der Waals surface area contributed by atoms with Crippen molar-refractivity contribution in [2.75, 3.05) is 28.2 Å². The first-order valence-corrected chi connectivity index (χ1v) is 17.2. The van der Waals surface area contributed by atoms with Crippen LogP contribution in [0.25, 0.3) is 0 Å². The fraction of sp³-hybridized carbons (Fsp3) is 0.161. The van der Waals surface area contributed by atoms with Crippen LogP contribution in [0.4, 0.5) is 11.4 Å². The third kappa shape index (κ3) is 8.76. The first-order valence-electron chi connectivity index (χ1n) is 13.6. The molecule has 2 amide bonds. The molecule has 45 heavy (non-hydrogen) atoms. The lowest BCUT2D eigenvalue weighted by atomic mass is 10.3. The molecule has 0 saturated carbocycles. The minimum Gasteiger partial charge on any atom is -0.352 e. The molecule has 0 unspecified atom stereocenters. The Morgan fingerprint density at radius 2 is 1.07 bits per heavy atom. The molecule has 0 aromatic heterocycles. The molecule has 0 aliphatic rings. The number of hydrogen-bond acceptors (Lipinski definition) is 6. The highest BCUT2D eigenvalue weighted by Crippen LogP contribution is 2.27. The average Bonchev–Trinajstić information content (AvgIpc) is 3.02. The summed E-state index contributed by atoms with van der Waals surface area (Å²) in [6, 6.07) is 27.0. The number of nitrogens with one attached hydrogen (secondary N) is 2. The van der Waals surface area contributed by atoms with Crippen LogP contribution in [0.5, 0.6) is 0 Å². The van der Waals surface area contributed by atoms with Gasteiger partial charge in [0.2, 0.25) is 11.8 Å². The minimum absolute atomic E-state index is 0.00637. The van der Waals surface area contributed by atoms with Crippen molar-refractivity contribution in [1.29, 1.82) is 0 Å². The Labute approximate surface area is 272 Å². The van der Waals surface area contributed by atoms with E-state index in [0.717, 1.165) is 8.61 Å². The number of sulfonamides is 2. The molecule has 0 saturated heterocycles. The monoisotopic (exact) mass is 688 g/mol. The van der Waals surface area contributed by atoms with E-state index in [1.807, 2.05) is 0 Å². The topological polar surface area (TPSA) is 133 Å². The van der Waals surface area contributed by atoms with Crippen molar-refractivity contribution in [3.05, 3.63) is 119 Å². The van der Waals surface area contributed by atoms with Crippen LogP contribution in [-0.2, 0) is 29.6 Å². The van der Waals surface area contributed by atoms with Crippen LogP contribution in [0.3, 0.4) is 0 Å². The van der Waals surface area contributed by atoms with Crippen LogP contribution in [0.15, 0.2) is 119 Å². The molecule has 1 atom stereocenters. The van der Waals surface area contributed by atoms with Crippen LogP contribution in [0, 0.1) is 0 Å². The molecular weight excluding hydrogens is 659 g/mol. The predicted octanol–water partition coefficient (Wildman–Crippen LogP) is 4.71. The molecule has 0 fully saturated rings. The Hall–Kier alpha value is -4.10. The summed E-state index contributed by atoms with van der Waals surface area (Å²) in [4.78, 5) is 26.1. The molecule has 0 aliphatic carbocycles. The Morgan fingerprint density at radius 3 is 1.49 bits per heavy atom. The second kappa shape index (κ2) is 14.8. The maximum atomic E-state index is 13.5. The number of rotatable bonds is 13. The molecule has 4 aromatic rings. The summed E-state index contributed by atoms with van der Waals surface area (Å²) in [5.41, 5.74) is 0.395. The molecule has 10 nitrogen and oxygen atoms in total. The van der Waals surface area contributed by atoms with Gasteiger partial charge in [-0.05, 0) is 67.6 Å². The normalized spacial score (nSPS) is 12.2. The van der Waals surface area contributed by atoms with Crippen molar-refractivity contribution in [1.82, 2.24) is 10.6 Å². The van der Waals surface area contributed by atoms with Gasteiger partial charge in [0.25, 0.3) is 20.0 Å². The van der Waals surface area contributed by atoms with E-state index in [9.17, 15) is 26.4 Å². The molecule has 236 valence electrons. The zero-order chi connectivity index (χ0) is 32.6. The lowest BCUT2D eigenvalue weighted by Gasteiger charge is -2.26. The predicted molar refractivity (Wildman–Crippen MR) is 175 cm³/mol. The summed E-state index contributed by atoms with van der Waals surface area (Å²) < 4.78 is 55.8. The van der Waals surface area contributed by atoms with Crippen molar-refractivity contribution in [3.8, 4) is 0 Å². The minimum atomic E-state index is -4.14. The first kappa shape index (κ1) is 33.8. The summed E-state index contributed by atoms with van der Waals surface area (Å²) in [6.45, 7) is 0.425. The number of benzene rings is 4. The average molecular weight is 690 g/mol. The first-order chi connectivity index (χ1) is 21.4. The maximum Gasteiger partial charge on any atom is 0.264 e. The molecule has 0 radical (unpaired) electrons. The van der Waals surface area contributed by atoms with Crippen LogP contribution in [0.1, 0.15) is 6.92 Å². The Morgan fingerprint density at radius 1 is 0.644 bits per heavy atom. The van der Waals surface area contributed by atoms with Gasteiger partial charge in [-0.15, -0.1) is 0 Å². The summed E-state index contributed by atoms with van der Waals surface area (Å²) in [6.07, 6.45) is 0. The maximum absolute atomic E-state index is 13.5. The van der Waals surface area contributed by atoms with E-state index in [0.29, 0.717) is 10.0 Å². The molecule has 4 aromatic carbocycles. The summed E-state index contributed by atoms with van der Waals surface area (Å²) >= 11 is 12.2. The highest BCUT2D eigenvalue weighted by atomic mass is 35.5. The fourth-order valence-corrected chi connectivity index (χ4v) is 7.52. The van der Waals surface area contributed by atoms with E-state index in [2.05, 4.69) is 10.6 Å². The van der Waals surface area contributed by atoms with Gasteiger partial charge >= 0.3 is 0 Å². The van der Waals surface area contributed by atoms with E-state index >= 15 is 0 Å². The van der Waals surface area contributed by atoms with E-state index in [1.54, 1.807) is 67.6 Å². The quantitative estimate of drug-likeness (QED) is 0.209. The number of anilines is 2. The highest BCUT2D eigenvalue weighted by molar-refractivity contribution is 7.93. The lowest BCUT2D eigenvalue weighted by Crippen LogP contribution is -2.48. The zero-order valence-corrected chi connectivity index (χ0v) is 27.2. The molecule has 14 heteroatoms. The molecule has 0 bridgehead atoms. The third-order valence-corrected chi connectivity index (χ3v) is 10.5. The number of halogens is 2. The molecule has 4 rings (SSSR count). The third-order valence-electron chi connectivity index (χ3n) is 6.44. The van der Waals surface area contributed by atoms with Gasteiger partial charge in [-0.25, -0.2) is 16.8 Å². The fourth-order valence-electron chi connectivity index (χ4n) is 4.29. The Kier molecular flexibility index (Phi) is 11.1. The van der Waals surface area contributed by atoms with Crippen LogP contribution in [0.2, 0.25) is 10.0 Å². The molecule has 0 aliphatic heterocycles. The van der Waals surface area contributed by atoms with Crippen molar-refractivity contribution in [2.24, 2.45) is 0 Å². The Bertz CT molecular complexity index is 1860. The van der Waals surface area contributed by atoms with Crippen LogP contribution >= 0.6 is 23.2 Å². The van der Waals surface area contributed by atoms with Crippen molar-refractivity contribution >= 4 is 66.4 Å².